The van der Waals surface area contributed by atoms with Gasteiger partial charge in [-0.3, -0.25) is 9.69 Å². The summed E-state index contributed by atoms with van der Waals surface area (Å²) in [6.07, 6.45) is 2.73. The Kier molecular flexibility index (Phi) is 2.43. The summed E-state index contributed by atoms with van der Waals surface area (Å²) >= 11 is 0. The molecule has 1 heterocycles. The number of nitrogens with zero attached hydrogens (tertiary/aromatic N) is 2. The van der Waals surface area contributed by atoms with Crippen molar-refractivity contribution in [3.05, 3.63) is 0 Å². The van der Waals surface area contributed by atoms with Crippen LogP contribution in [0.5, 0.6) is 0 Å². The minimum atomic E-state index is -0.642. The number of aliphatic carboxylic acids is 1. The van der Waals surface area contributed by atoms with E-state index in [1.165, 1.54) is 0 Å². The van der Waals surface area contributed by atoms with Gasteiger partial charge in [-0.05, 0) is 44.7 Å². The van der Waals surface area contributed by atoms with E-state index in [1.807, 2.05) is 6.92 Å². The van der Waals surface area contributed by atoms with Crippen LogP contribution in [-0.2, 0) is 4.79 Å². The predicted molar refractivity (Wildman–Crippen MR) is 54.1 cm³/mol. The highest BCUT2D eigenvalue weighted by Gasteiger charge is 2.58. The van der Waals surface area contributed by atoms with E-state index in [9.17, 15) is 4.79 Å². The first kappa shape index (κ1) is 10.4. The average molecular weight is 208 g/mol. The van der Waals surface area contributed by atoms with Gasteiger partial charge in [0, 0.05) is 0 Å². The van der Waals surface area contributed by atoms with Crippen LogP contribution in [0.2, 0.25) is 0 Å². The molecule has 0 radical (unpaired) electrons. The molecule has 0 bridgehead atoms. The monoisotopic (exact) mass is 208 g/mol. The zero-order valence-corrected chi connectivity index (χ0v) is 8.94. The van der Waals surface area contributed by atoms with E-state index in [0.717, 1.165) is 32.4 Å². The second-order valence-corrected chi connectivity index (χ2v) is 4.80. The number of hydrogen-bond acceptors (Lipinski definition) is 3. The standard InChI is InChI=1S/C11H16N2O2/c1-8(7-12)13-4-2-11(3-5-13)6-9(11)10(14)15/h8-9H,2-6H2,1H3,(H,14,15). The maximum absolute atomic E-state index is 10.8. The molecule has 15 heavy (non-hydrogen) atoms. The van der Waals surface area contributed by atoms with Gasteiger partial charge in [-0.2, -0.15) is 5.26 Å². The fraction of sp³-hybridized carbons (Fsp3) is 0.818. The normalized spacial score (nSPS) is 30.8. The van der Waals surface area contributed by atoms with Crippen molar-refractivity contribution < 1.29 is 9.90 Å². The molecular weight excluding hydrogens is 192 g/mol. The minimum Gasteiger partial charge on any atom is -0.481 e. The van der Waals surface area contributed by atoms with Crippen LogP contribution in [0, 0.1) is 22.7 Å². The van der Waals surface area contributed by atoms with Crippen LogP contribution in [0.3, 0.4) is 0 Å². The summed E-state index contributed by atoms with van der Waals surface area (Å²) in [5.74, 6) is -0.756. The SMILES string of the molecule is CC(C#N)N1CCC2(CC1)CC2C(=O)O. The van der Waals surface area contributed by atoms with E-state index in [4.69, 9.17) is 10.4 Å². The van der Waals surface area contributed by atoms with Crippen LogP contribution >= 0.6 is 0 Å². The molecule has 0 aromatic carbocycles. The van der Waals surface area contributed by atoms with Crippen LogP contribution in [0.25, 0.3) is 0 Å². The third-order valence-electron chi connectivity index (χ3n) is 4.02. The summed E-state index contributed by atoms with van der Waals surface area (Å²) in [7, 11) is 0. The van der Waals surface area contributed by atoms with E-state index in [1.54, 1.807) is 0 Å². The van der Waals surface area contributed by atoms with Gasteiger partial charge >= 0.3 is 5.97 Å². The summed E-state index contributed by atoms with van der Waals surface area (Å²) in [6, 6.07) is 2.19. The molecule has 82 valence electrons. The van der Waals surface area contributed by atoms with Crippen molar-refractivity contribution in [3.63, 3.8) is 0 Å². The van der Waals surface area contributed by atoms with Crippen molar-refractivity contribution in [2.75, 3.05) is 13.1 Å². The molecule has 4 heteroatoms. The first-order valence-corrected chi connectivity index (χ1v) is 5.45. The highest BCUT2D eigenvalue weighted by atomic mass is 16.4. The zero-order valence-electron chi connectivity index (χ0n) is 8.94. The number of nitriles is 1. The Hall–Kier alpha value is -1.08. The van der Waals surface area contributed by atoms with Gasteiger partial charge in [0.15, 0.2) is 0 Å². The maximum Gasteiger partial charge on any atom is 0.307 e. The third kappa shape index (κ3) is 1.72. The Morgan fingerprint density at radius 1 is 1.60 bits per heavy atom. The van der Waals surface area contributed by atoms with Crippen molar-refractivity contribution in [1.82, 2.24) is 4.90 Å². The number of rotatable bonds is 2. The van der Waals surface area contributed by atoms with Crippen LogP contribution < -0.4 is 0 Å². The number of carboxylic acids is 1. The van der Waals surface area contributed by atoms with Crippen LogP contribution in [0.4, 0.5) is 0 Å². The van der Waals surface area contributed by atoms with Gasteiger partial charge in [-0.15, -0.1) is 0 Å². The molecule has 2 rings (SSSR count). The van der Waals surface area contributed by atoms with Gasteiger partial charge < -0.3 is 5.11 Å². The number of likely N-dealkylation sites (tertiary alicyclic amines) is 1. The molecule has 4 nitrogen and oxygen atoms in total. The number of carbonyl (C=O) groups is 1. The number of hydrogen-bond donors (Lipinski definition) is 1. The molecule has 0 aromatic rings. The smallest absolute Gasteiger partial charge is 0.307 e. The molecule has 2 aliphatic rings. The second-order valence-electron chi connectivity index (χ2n) is 4.80. The summed E-state index contributed by atoms with van der Waals surface area (Å²) in [6.45, 7) is 3.65. The van der Waals surface area contributed by atoms with Gasteiger partial charge in [0.2, 0.25) is 0 Å². The summed E-state index contributed by atoms with van der Waals surface area (Å²) in [5.41, 5.74) is 0.0809. The fourth-order valence-corrected chi connectivity index (χ4v) is 2.69. The molecule has 2 fully saturated rings. The Morgan fingerprint density at radius 2 is 2.20 bits per heavy atom. The fourth-order valence-electron chi connectivity index (χ4n) is 2.69. The van der Waals surface area contributed by atoms with Gasteiger partial charge in [-0.1, -0.05) is 0 Å². The molecule has 2 unspecified atom stereocenters. The molecule has 0 aromatic heterocycles. The third-order valence-corrected chi connectivity index (χ3v) is 4.02. The minimum absolute atomic E-state index is 0.0376. The molecule has 1 aliphatic carbocycles. The molecule has 1 saturated carbocycles. The molecule has 1 spiro atoms. The topological polar surface area (TPSA) is 64.3 Å². The van der Waals surface area contributed by atoms with E-state index >= 15 is 0 Å². The van der Waals surface area contributed by atoms with Gasteiger partial charge in [0.1, 0.15) is 0 Å². The first-order chi connectivity index (χ1) is 7.09. The van der Waals surface area contributed by atoms with Gasteiger partial charge in [0.25, 0.3) is 0 Å². The molecule has 2 atom stereocenters. The van der Waals surface area contributed by atoms with Crippen molar-refractivity contribution in [3.8, 4) is 6.07 Å². The lowest BCUT2D eigenvalue weighted by molar-refractivity contribution is -0.139. The van der Waals surface area contributed by atoms with Crippen molar-refractivity contribution in [2.24, 2.45) is 11.3 Å². The van der Waals surface area contributed by atoms with E-state index in [2.05, 4.69) is 11.0 Å². The van der Waals surface area contributed by atoms with Crippen molar-refractivity contribution in [2.45, 2.75) is 32.2 Å². The molecular formula is C11H16N2O2. The lowest BCUT2D eigenvalue weighted by Gasteiger charge is -2.33. The van der Waals surface area contributed by atoms with Crippen LogP contribution in [0.1, 0.15) is 26.2 Å². The Morgan fingerprint density at radius 3 is 2.60 bits per heavy atom. The van der Waals surface area contributed by atoms with E-state index in [0.29, 0.717) is 0 Å². The lowest BCUT2D eigenvalue weighted by atomic mass is 9.90. The summed E-state index contributed by atoms with van der Waals surface area (Å²) < 4.78 is 0. The van der Waals surface area contributed by atoms with E-state index < -0.39 is 5.97 Å². The Balaban J connectivity index is 1.89. The Bertz CT molecular complexity index is 313. The maximum atomic E-state index is 10.8. The van der Waals surface area contributed by atoms with Crippen molar-refractivity contribution >= 4 is 5.97 Å². The molecule has 1 saturated heterocycles. The van der Waals surface area contributed by atoms with Crippen LogP contribution in [-0.4, -0.2) is 35.1 Å². The molecule has 0 amide bonds. The summed E-state index contributed by atoms with van der Waals surface area (Å²) in [5, 5.41) is 17.7. The number of piperidine rings is 1. The van der Waals surface area contributed by atoms with Crippen molar-refractivity contribution in [1.29, 1.82) is 5.26 Å². The quantitative estimate of drug-likeness (QED) is 0.737. The molecule has 1 N–H and O–H groups in total. The van der Waals surface area contributed by atoms with Gasteiger partial charge in [-0.25, -0.2) is 0 Å². The van der Waals surface area contributed by atoms with E-state index in [-0.39, 0.29) is 17.4 Å². The first-order valence-electron chi connectivity index (χ1n) is 5.45. The second kappa shape index (κ2) is 3.49. The van der Waals surface area contributed by atoms with Crippen LogP contribution in [0.15, 0.2) is 0 Å². The number of carboxylic acid groups (broad SMARTS) is 1. The lowest BCUT2D eigenvalue weighted by Crippen LogP contribution is -2.40. The predicted octanol–water partition coefficient (Wildman–Crippen LogP) is 1.09. The Labute approximate surface area is 89.5 Å². The molecule has 1 aliphatic heterocycles. The highest BCUT2D eigenvalue weighted by molar-refractivity contribution is 5.74. The summed E-state index contributed by atoms with van der Waals surface area (Å²) in [4.78, 5) is 13.0. The van der Waals surface area contributed by atoms with Gasteiger partial charge in [0.05, 0.1) is 18.0 Å². The largest absolute Gasteiger partial charge is 0.481 e. The average Bonchev–Trinajstić information content (AvgIpc) is 2.93. The zero-order chi connectivity index (χ0) is 11.1. The highest BCUT2D eigenvalue weighted by Crippen LogP contribution is 2.59.